The van der Waals surface area contributed by atoms with Crippen molar-refractivity contribution in [2.75, 3.05) is 12.4 Å². The summed E-state index contributed by atoms with van der Waals surface area (Å²) in [5.41, 5.74) is 0.568. The molecule has 0 unspecified atom stereocenters. The molecule has 9 nitrogen and oxygen atoms in total. The van der Waals surface area contributed by atoms with Crippen LogP contribution in [0, 0.1) is 0 Å². The summed E-state index contributed by atoms with van der Waals surface area (Å²) in [6, 6.07) is 9.69. The zero-order chi connectivity index (χ0) is 32.2. The molecule has 0 atom stereocenters. The van der Waals surface area contributed by atoms with Gasteiger partial charge >= 0.3 is 29.6 Å². The average Bonchev–Trinajstić information content (AvgIpc) is 2.98. The number of aliphatic imine (C=N–C) groups is 1. The molecule has 0 aliphatic rings. The van der Waals surface area contributed by atoms with Crippen LogP contribution in [0.25, 0.3) is 0 Å². The molecule has 0 aliphatic carbocycles. The quantitative estimate of drug-likeness (QED) is 0.0333. The van der Waals surface area contributed by atoms with Crippen LogP contribution in [-0.4, -0.2) is 37.7 Å². The van der Waals surface area contributed by atoms with Crippen LogP contribution in [0.3, 0.4) is 0 Å². The number of benzene rings is 2. The Morgan fingerprint density at radius 2 is 1.40 bits per heavy atom. The number of anilines is 1. The first-order valence-electron chi connectivity index (χ1n) is 16.0. The van der Waals surface area contributed by atoms with Crippen molar-refractivity contribution in [3.63, 3.8) is 0 Å². The van der Waals surface area contributed by atoms with E-state index in [9.17, 15) is 27.7 Å². The van der Waals surface area contributed by atoms with Gasteiger partial charge in [0.25, 0.3) is 10.1 Å². The molecule has 45 heavy (non-hydrogen) atoms. The van der Waals surface area contributed by atoms with Crippen LogP contribution < -0.4 is 44.7 Å². The first kappa shape index (κ1) is 40.8. The van der Waals surface area contributed by atoms with Gasteiger partial charge in [0.05, 0.1) is 29.8 Å². The van der Waals surface area contributed by atoms with Gasteiger partial charge in [-0.05, 0) is 49.1 Å². The smallest absolute Gasteiger partial charge is 0.862 e. The maximum atomic E-state index is 12.7. The van der Waals surface area contributed by atoms with Crippen molar-refractivity contribution in [2.24, 2.45) is 4.99 Å². The number of hydrogen-bond donors (Lipinski definition) is 2. The summed E-state index contributed by atoms with van der Waals surface area (Å²) in [7, 11) is -3.16. The molecule has 0 radical (unpaired) electrons. The first-order chi connectivity index (χ1) is 21.1. The molecule has 0 saturated heterocycles. The van der Waals surface area contributed by atoms with E-state index >= 15 is 0 Å². The molecular formula is C34H49N2NaO7S. The van der Waals surface area contributed by atoms with Crippen molar-refractivity contribution in [3.8, 4) is 5.75 Å². The summed E-state index contributed by atoms with van der Waals surface area (Å²) in [5, 5.41) is 14.8. The number of methoxy groups -OCH3 is 1. The standard InChI is InChI=1S/C34H50N2O7S.Na/c1-3-4-5-6-7-8-9-10-11-12-13-14-15-16-17-21-33(38)35-28-20-18-19-27(24-28)31(37)26-34(39)36-30-25-29(44(40,41)42)22-23-32(30)43-2;/h18-20,22-25H,3-17,21,26H2,1-2H3,(H,35,38)(H,36,39)(H,40,41,42);/q;+1/p-1. The molecule has 2 aromatic carbocycles. The summed E-state index contributed by atoms with van der Waals surface area (Å²) >= 11 is 0. The molecule has 2 rings (SSSR count). The summed E-state index contributed by atoms with van der Waals surface area (Å²) in [6.07, 6.45) is 18.6. The molecule has 1 amide bonds. The number of nitrogens with one attached hydrogen (secondary N) is 1. The number of hydrogen-bond acceptors (Lipinski definition) is 7. The van der Waals surface area contributed by atoms with Crippen LogP contribution in [0.2, 0.25) is 0 Å². The fourth-order valence-electron chi connectivity index (χ4n) is 4.98. The number of unbranched alkanes of at least 4 members (excludes halogenated alkanes) is 14. The maximum absolute atomic E-state index is 12.7. The predicted octanol–water partition coefficient (Wildman–Crippen LogP) is 4.81. The van der Waals surface area contributed by atoms with E-state index in [0.29, 0.717) is 12.1 Å². The minimum absolute atomic E-state index is 0. The monoisotopic (exact) mass is 652 g/mol. The van der Waals surface area contributed by atoms with Gasteiger partial charge < -0.3 is 15.2 Å². The Kier molecular flexibility index (Phi) is 21.0. The van der Waals surface area contributed by atoms with Gasteiger partial charge in [-0.1, -0.05) is 109 Å². The van der Waals surface area contributed by atoms with Crippen LogP contribution in [0.15, 0.2) is 52.4 Å². The third-order valence-corrected chi connectivity index (χ3v) is 8.33. The van der Waals surface area contributed by atoms with Crippen molar-refractivity contribution in [3.05, 3.63) is 48.0 Å². The normalized spacial score (nSPS) is 11.6. The Hall–Kier alpha value is -2.24. The minimum Gasteiger partial charge on any atom is -0.862 e. The Morgan fingerprint density at radius 1 is 0.844 bits per heavy atom. The van der Waals surface area contributed by atoms with Crippen LogP contribution in [-0.2, 0) is 14.9 Å². The topological polar surface area (TPSA) is 145 Å². The minimum atomic E-state index is -4.50. The van der Waals surface area contributed by atoms with Gasteiger partial charge in [-0.25, -0.2) is 0 Å². The van der Waals surface area contributed by atoms with E-state index in [1.165, 1.54) is 102 Å². The summed E-state index contributed by atoms with van der Waals surface area (Å²) in [4.78, 5) is 29.0. The third-order valence-electron chi connectivity index (χ3n) is 7.48. The van der Waals surface area contributed by atoms with Gasteiger partial charge in [0.2, 0.25) is 5.91 Å². The van der Waals surface area contributed by atoms with Crippen LogP contribution in [0.1, 0.15) is 126 Å². The molecule has 0 heterocycles. The number of carbonyl (C=O) groups is 2. The van der Waals surface area contributed by atoms with E-state index in [4.69, 9.17) is 4.74 Å². The molecule has 0 aliphatic heterocycles. The van der Waals surface area contributed by atoms with E-state index in [2.05, 4.69) is 17.2 Å². The van der Waals surface area contributed by atoms with E-state index in [1.54, 1.807) is 12.1 Å². The van der Waals surface area contributed by atoms with Gasteiger partial charge in [0.1, 0.15) is 5.75 Å². The largest absolute Gasteiger partial charge is 1.00 e. The van der Waals surface area contributed by atoms with Crippen molar-refractivity contribution in [2.45, 2.75) is 121 Å². The Balaban J connectivity index is 0.0000101. The van der Waals surface area contributed by atoms with Crippen LogP contribution in [0.4, 0.5) is 11.4 Å². The number of carbonyl (C=O) groups excluding carboxylic acids is 2. The zero-order valence-electron chi connectivity index (χ0n) is 27.3. The van der Waals surface area contributed by atoms with E-state index in [1.807, 2.05) is 0 Å². The van der Waals surface area contributed by atoms with Crippen molar-refractivity contribution < 1.29 is 62.0 Å². The van der Waals surface area contributed by atoms with Gasteiger partial charge in [-0.3, -0.25) is 19.1 Å². The predicted molar refractivity (Wildman–Crippen MR) is 173 cm³/mol. The number of Topliss-reactive ketones (excluding diaryl/α,β-unsaturated/α-hetero) is 1. The Labute approximate surface area is 291 Å². The second-order valence-electron chi connectivity index (χ2n) is 11.2. The number of ketones is 1. The van der Waals surface area contributed by atoms with Crippen LogP contribution in [0.5, 0.6) is 5.75 Å². The Bertz CT molecular complexity index is 1320. The molecular weight excluding hydrogens is 603 g/mol. The van der Waals surface area contributed by atoms with Crippen LogP contribution >= 0.6 is 0 Å². The number of nitrogens with zero attached hydrogens (tertiary/aromatic N) is 1. The fourth-order valence-corrected chi connectivity index (χ4v) is 5.49. The van der Waals surface area contributed by atoms with E-state index in [0.717, 1.165) is 31.4 Å². The second kappa shape index (κ2) is 23.1. The van der Waals surface area contributed by atoms with Gasteiger partial charge in [-0.2, -0.15) is 8.42 Å². The van der Waals surface area contributed by atoms with E-state index in [-0.39, 0.29) is 52.5 Å². The first-order valence-corrected chi connectivity index (χ1v) is 17.4. The van der Waals surface area contributed by atoms with Crippen molar-refractivity contribution in [1.29, 1.82) is 0 Å². The molecule has 0 bridgehead atoms. The van der Waals surface area contributed by atoms with Gasteiger partial charge in [-0.15, -0.1) is 0 Å². The van der Waals surface area contributed by atoms with Crippen molar-refractivity contribution in [1.82, 2.24) is 0 Å². The van der Waals surface area contributed by atoms with Crippen molar-refractivity contribution >= 4 is 39.1 Å². The summed E-state index contributed by atoms with van der Waals surface area (Å²) < 4.78 is 37.3. The molecule has 2 N–H and O–H groups in total. The summed E-state index contributed by atoms with van der Waals surface area (Å²) in [5.74, 6) is -1.29. The second-order valence-corrected chi connectivity index (χ2v) is 12.7. The molecule has 0 spiro atoms. The van der Waals surface area contributed by atoms with E-state index < -0.39 is 33.1 Å². The molecule has 2 aromatic rings. The SMILES string of the molecule is CCCCCCCCCCCCCCCCCC([O-])=Nc1cccc(C(=O)CC(=O)Nc2cc(S(=O)(=O)O)ccc2OC)c1.[Na+]. The van der Waals surface area contributed by atoms with Gasteiger partial charge in [0, 0.05) is 5.56 Å². The number of ether oxygens (including phenoxy) is 1. The van der Waals surface area contributed by atoms with Gasteiger partial charge in [0.15, 0.2) is 5.78 Å². The zero-order valence-corrected chi connectivity index (χ0v) is 30.1. The maximum Gasteiger partial charge on any atom is 1.00 e. The average molecular weight is 653 g/mol. The molecule has 0 aromatic heterocycles. The number of amides is 1. The molecule has 0 fully saturated rings. The Morgan fingerprint density at radius 3 is 1.93 bits per heavy atom. The third kappa shape index (κ3) is 17.3. The molecule has 244 valence electrons. The molecule has 11 heteroatoms. The summed E-state index contributed by atoms with van der Waals surface area (Å²) in [6.45, 7) is 2.25. The number of rotatable bonds is 23. The fraction of sp³-hybridized carbons (Fsp3) is 0.559. The molecule has 0 saturated carbocycles.